The number of nitrogens with zero attached hydrogens (tertiary/aromatic N) is 3. The average molecular weight is 273 g/mol. The molecule has 1 aromatic rings. The van der Waals surface area contributed by atoms with Crippen molar-refractivity contribution < 1.29 is 4.79 Å². The van der Waals surface area contributed by atoms with Gasteiger partial charge in [0.2, 0.25) is 6.41 Å². The van der Waals surface area contributed by atoms with E-state index in [1.807, 2.05) is 4.90 Å². The predicted molar refractivity (Wildman–Crippen MR) is 80.0 cm³/mol. The second kappa shape index (κ2) is 5.81. The number of rotatable bonds is 3. The van der Waals surface area contributed by atoms with Crippen LogP contribution in [0.1, 0.15) is 42.7 Å². The first kappa shape index (κ1) is 13.4. The smallest absolute Gasteiger partial charge is 0.209 e. The highest BCUT2D eigenvalue weighted by molar-refractivity contribution is 5.51. The lowest BCUT2D eigenvalue weighted by Gasteiger charge is -2.34. The molecule has 0 bridgehead atoms. The number of piperazine rings is 1. The third kappa shape index (κ3) is 2.65. The fourth-order valence-electron chi connectivity index (χ4n) is 3.44. The summed E-state index contributed by atoms with van der Waals surface area (Å²) < 4.78 is 0. The summed E-state index contributed by atoms with van der Waals surface area (Å²) in [5.41, 5.74) is 2.68. The molecule has 0 radical (unpaired) electrons. The van der Waals surface area contributed by atoms with E-state index in [0.717, 1.165) is 44.3 Å². The van der Waals surface area contributed by atoms with Gasteiger partial charge in [-0.1, -0.05) is 18.9 Å². The number of amides is 1. The largest absolute Gasteiger partial charge is 0.353 e. The molecule has 1 saturated carbocycles. The molecule has 0 spiro atoms. The van der Waals surface area contributed by atoms with E-state index in [1.165, 1.54) is 36.8 Å². The molecule has 1 aliphatic heterocycles. The first-order valence-electron chi connectivity index (χ1n) is 7.69. The molecule has 108 valence electrons. The van der Waals surface area contributed by atoms with Crippen LogP contribution >= 0.6 is 0 Å². The van der Waals surface area contributed by atoms with Gasteiger partial charge in [-0.3, -0.25) is 4.79 Å². The minimum atomic E-state index is 0.724. The van der Waals surface area contributed by atoms with E-state index in [-0.39, 0.29) is 0 Å². The summed E-state index contributed by atoms with van der Waals surface area (Å²) in [6.45, 7) is 5.53. The Morgan fingerprint density at radius 1 is 1.20 bits per heavy atom. The van der Waals surface area contributed by atoms with Crippen LogP contribution in [-0.2, 0) is 4.79 Å². The average Bonchev–Trinajstić information content (AvgIpc) is 3.01. The second-order valence-corrected chi connectivity index (χ2v) is 6.02. The van der Waals surface area contributed by atoms with Crippen LogP contribution in [-0.4, -0.2) is 42.5 Å². The maximum atomic E-state index is 10.8. The number of pyridine rings is 1. The van der Waals surface area contributed by atoms with Crippen molar-refractivity contribution in [3.8, 4) is 0 Å². The fourth-order valence-corrected chi connectivity index (χ4v) is 3.44. The van der Waals surface area contributed by atoms with Crippen molar-refractivity contribution >= 4 is 12.2 Å². The number of carbonyl (C=O) groups is 1. The number of aromatic nitrogens is 1. The lowest BCUT2D eigenvalue weighted by molar-refractivity contribution is -0.118. The van der Waals surface area contributed by atoms with E-state index in [0.29, 0.717) is 0 Å². The molecule has 20 heavy (non-hydrogen) atoms. The van der Waals surface area contributed by atoms with Gasteiger partial charge in [0, 0.05) is 32.4 Å². The topological polar surface area (TPSA) is 36.4 Å². The number of aryl methyl sites for hydroxylation is 1. The Bertz CT molecular complexity index is 475. The summed E-state index contributed by atoms with van der Waals surface area (Å²) in [4.78, 5) is 19.6. The highest BCUT2D eigenvalue weighted by atomic mass is 16.1. The second-order valence-electron chi connectivity index (χ2n) is 6.02. The number of hydrogen-bond donors (Lipinski definition) is 0. The van der Waals surface area contributed by atoms with E-state index in [4.69, 9.17) is 4.98 Å². The summed E-state index contributed by atoms with van der Waals surface area (Å²) in [5, 5.41) is 0. The molecule has 0 unspecified atom stereocenters. The van der Waals surface area contributed by atoms with Crippen LogP contribution in [0.4, 0.5) is 5.82 Å². The minimum Gasteiger partial charge on any atom is -0.353 e. The molecule has 1 aliphatic carbocycles. The van der Waals surface area contributed by atoms with Gasteiger partial charge in [0.05, 0.1) is 0 Å². The third-order valence-corrected chi connectivity index (χ3v) is 4.66. The van der Waals surface area contributed by atoms with E-state index < -0.39 is 0 Å². The summed E-state index contributed by atoms with van der Waals surface area (Å²) in [6.07, 6.45) is 8.38. The molecular weight excluding hydrogens is 250 g/mol. The molecule has 2 heterocycles. The normalized spacial score (nSPS) is 20.4. The SMILES string of the molecule is Cc1cc(C2CCCC2)cnc1N1CCN(C=O)CC1. The van der Waals surface area contributed by atoms with Crippen molar-refractivity contribution in [3.05, 3.63) is 23.4 Å². The molecule has 2 aliphatic rings. The van der Waals surface area contributed by atoms with Gasteiger partial charge in [-0.05, 0) is 36.8 Å². The van der Waals surface area contributed by atoms with Crippen molar-refractivity contribution in [2.24, 2.45) is 0 Å². The van der Waals surface area contributed by atoms with Gasteiger partial charge >= 0.3 is 0 Å². The van der Waals surface area contributed by atoms with Gasteiger partial charge in [0.25, 0.3) is 0 Å². The van der Waals surface area contributed by atoms with Gasteiger partial charge in [-0.25, -0.2) is 4.98 Å². The van der Waals surface area contributed by atoms with E-state index >= 15 is 0 Å². The highest BCUT2D eigenvalue weighted by Gasteiger charge is 2.21. The van der Waals surface area contributed by atoms with E-state index in [9.17, 15) is 4.79 Å². The minimum absolute atomic E-state index is 0.724. The van der Waals surface area contributed by atoms with E-state index in [1.54, 1.807) is 0 Å². The first-order valence-corrected chi connectivity index (χ1v) is 7.69. The quantitative estimate of drug-likeness (QED) is 0.793. The molecule has 2 fully saturated rings. The van der Waals surface area contributed by atoms with E-state index in [2.05, 4.69) is 24.1 Å². The maximum absolute atomic E-state index is 10.8. The standard InChI is InChI=1S/C16H23N3O/c1-13-10-15(14-4-2-3-5-14)11-17-16(13)19-8-6-18(12-20)7-9-19/h10-12,14H,2-9H2,1H3. The van der Waals surface area contributed by atoms with Crippen LogP contribution in [0, 0.1) is 6.92 Å². The van der Waals surface area contributed by atoms with Gasteiger partial charge in [0.15, 0.2) is 0 Å². The van der Waals surface area contributed by atoms with Gasteiger partial charge in [-0.15, -0.1) is 0 Å². The monoisotopic (exact) mass is 273 g/mol. The van der Waals surface area contributed by atoms with Gasteiger partial charge < -0.3 is 9.80 Å². The zero-order valence-electron chi connectivity index (χ0n) is 12.2. The van der Waals surface area contributed by atoms with Crippen LogP contribution < -0.4 is 4.90 Å². The Morgan fingerprint density at radius 2 is 1.90 bits per heavy atom. The summed E-state index contributed by atoms with van der Waals surface area (Å²) in [6, 6.07) is 2.32. The number of carbonyl (C=O) groups excluding carboxylic acids is 1. The molecule has 1 saturated heterocycles. The van der Waals surface area contributed by atoms with Crippen LogP contribution in [0.25, 0.3) is 0 Å². The highest BCUT2D eigenvalue weighted by Crippen LogP contribution is 2.35. The summed E-state index contributed by atoms with van der Waals surface area (Å²) >= 11 is 0. The summed E-state index contributed by atoms with van der Waals surface area (Å²) in [7, 11) is 0. The molecule has 1 aromatic heterocycles. The Kier molecular flexibility index (Phi) is 3.90. The molecule has 4 heteroatoms. The molecule has 0 N–H and O–H groups in total. The molecule has 4 nitrogen and oxygen atoms in total. The van der Waals surface area contributed by atoms with Crippen molar-refractivity contribution in [3.63, 3.8) is 0 Å². The summed E-state index contributed by atoms with van der Waals surface area (Å²) in [5.74, 6) is 1.82. The fraction of sp³-hybridized carbons (Fsp3) is 0.625. The molecule has 0 atom stereocenters. The van der Waals surface area contributed by atoms with Crippen LogP contribution in [0.15, 0.2) is 12.3 Å². The number of hydrogen-bond acceptors (Lipinski definition) is 3. The maximum Gasteiger partial charge on any atom is 0.209 e. The molecule has 0 aromatic carbocycles. The lowest BCUT2D eigenvalue weighted by atomic mass is 9.98. The molecular formula is C16H23N3O. The van der Waals surface area contributed by atoms with Crippen molar-refractivity contribution in [1.29, 1.82) is 0 Å². The molecule has 1 amide bonds. The molecule has 3 rings (SSSR count). The van der Waals surface area contributed by atoms with Crippen LogP contribution in [0.5, 0.6) is 0 Å². The Balaban J connectivity index is 1.72. The van der Waals surface area contributed by atoms with Crippen molar-refractivity contribution in [1.82, 2.24) is 9.88 Å². The Labute approximate surface area is 120 Å². The van der Waals surface area contributed by atoms with Gasteiger partial charge in [-0.2, -0.15) is 0 Å². The predicted octanol–water partition coefficient (Wildman–Crippen LogP) is 2.33. The zero-order valence-corrected chi connectivity index (χ0v) is 12.2. The van der Waals surface area contributed by atoms with Crippen LogP contribution in [0.2, 0.25) is 0 Å². The Morgan fingerprint density at radius 3 is 2.50 bits per heavy atom. The number of anilines is 1. The zero-order chi connectivity index (χ0) is 13.9. The van der Waals surface area contributed by atoms with Crippen molar-refractivity contribution in [2.45, 2.75) is 38.5 Å². The van der Waals surface area contributed by atoms with Gasteiger partial charge in [0.1, 0.15) is 5.82 Å². The van der Waals surface area contributed by atoms with Crippen LogP contribution in [0.3, 0.4) is 0 Å². The lowest BCUT2D eigenvalue weighted by Crippen LogP contribution is -2.46. The Hall–Kier alpha value is -1.58. The first-order chi connectivity index (χ1) is 9.78. The third-order valence-electron chi connectivity index (χ3n) is 4.66. The van der Waals surface area contributed by atoms with Crippen molar-refractivity contribution in [2.75, 3.05) is 31.1 Å².